The van der Waals surface area contributed by atoms with E-state index in [-0.39, 0.29) is 0 Å². The van der Waals surface area contributed by atoms with Crippen LogP contribution in [0.5, 0.6) is 0 Å². The lowest BCUT2D eigenvalue weighted by Gasteiger charge is -2.32. The predicted octanol–water partition coefficient (Wildman–Crippen LogP) is 3.29. The second-order valence-electron chi connectivity index (χ2n) is 6.51. The summed E-state index contributed by atoms with van der Waals surface area (Å²) in [5.74, 6) is 0. The van der Waals surface area contributed by atoms with E-state index in [1.807, 2.05) is 0 Å². The lowest BCUT2D eigenvalue weighted by molar-refractivity contribution is -0.0617. The van der Waals surface area contributed by atoms with Gasteiger partial charge in [0.1, 0.15) is 0 Å². The minimum atomic E-state index is -0.618. The smallest absolute Gasteiger partial charge is 0.0815 e. The van der Waals surface area contributed by atoms with Crippen molar-refractivity contribution >= 4 is 0 Å². The van der Waals surface area contributed by atoms with E-state index in [9.17, 15) is 5.11 Å². The van der Waals surface area contributed by atoms with Crippen LogP contribution in [0.1, 0.15) is 24.0 Å². The molecule has 0 spiro atoms. The molecule has 0 aliphatic carbocycles. The molecule has 3 nitrogen and oxygen atoms in total. The van der Waals surface area contributed by atoms with Crippen molar-refractivity contribution in [1.29, 1.82) is 0 Å². The fourth-order valence-corrected chi connectivity index (χ4v) is 2.97. The van der Waals surface area contributed by atoms with Gasteiger partial charge in [-0.25, -0.2) is 0 Å². The molecule has 2 aromatic carbocycles. The van der Waals surface area contributed by atoms with Crippen LogP contribution >= 0.6 is 0 Å². The Hall–Kier alpha value is -1.68. The average molecular weight is 311 g/mol. The van der Waals surface area contributed by atoms with Crippen molar-refractivity contribution in [3.63, 3.8) is 0 Å². The molecular formula is C20H25NO2. The average Bonchev–Trinajstić information content (AvgIpc) is 2.56. The highest BCUT2D eigenvalue weighted by Gasteiger charge is 2.28. The molecule has 1 fully saturated rings. The number of benzene rings is 2. The fourth-order valence-electron chi connectivity index (χ4n) is 2.97. The number of nitrogens with one attached hydrogen (secondary N) is 1. The Labute approximate surface area is 138 Å². The Balaban J connectivity index is 1.60. The van der Waals surface area contributed by atoms with Gasteiger partial charge in [0.05, 0.1) is 5.60 Å². The number of aryl methyl sites for hydroxylation is 1. The summed E-state index contributed by atoms with van der Waals surface area (Å²) in [7, 11) is 0. The monoisotopic (exact) mass is 311 g/mol. The largest absolute Gasteiger partial charge is 0.388 e. The first-order valence-electron chi connectivity index (χ1n) is 8.32. The van der Waals surface area contributed by atoms with E-state index in [0.29, 0.717) is 32.6 Å². The second-order valence-corrected chi connectivity index (χ2v) is 6.51. The van der Waals surface area contributed by atoms with E-state index in [4.69, 9.17) is 4.74 Å². The Morgan fingerprint density at radius 3 is 2.52 bits per heavy atom. The van der Waals surface area contributed by atoms with E-state index in [1.165, 1.54) is 22.3 Å². The van der Waals surface area contributed by atoms with Crippen LogP contribution in [0.2, 0.25) is 0 Å². The SMILES string of the molecule is Cc1ccc(-c2cccc(CNCC3(O)CCOCC3)c2)cc1. The van der Waals surface area contributed by atoms with Gasteiger partial charge in [0, 0.05) is 39.1 Å². The molecule has 122 valence electrons. The van der Waals surface area contributed by atoms with Gasteiger partial charge in [-0.15, -0.1) is 0 Å². The Morgan fingerprint density at radius 2 is 1.78 bits per heavy atom. The quantitative estimate of drug-likeness (QED) is 0.890. The zero-order chi connectivity index (χ0) is 16.1. The van der Waals surface area contributed by atoms with E-state index in [2.05, 4.69) is 60.8 Å². The first-order valence-corrected chi connectivity index (χ1v) is 8.32. The molecule has 1 saturated heterocycles. The summed E-state index contributed by atoms with van der Waals surface area (Å²) < 4.78 is 5.31. The van der Waals surface area contributed by atoms with Crippen LogP contribution in [0.3, 0.4) is 0 Å². The number of ether oxygens (including phenoxy) is 1. The molecule has 2 aromatic rings. The van der Waals surface area contributed by atoms with Gasteiger partial charge in [0.15, 0.2) is 0 Å². The maximum atomic E-state index is 10.5. The molecule has 0 amide bonds. The lowest BCUT2D eigenvalue weighted by atomic mass is 9.94. The van der Waals surface area contributed by atoms with Gasteiger partial charge in [0.25, 0.3) is 0 Å². The topological polar surface area (TPSA) is 41.5 Å². The molecular weight excluding hydrogens is 286 g/mol. The highest BCUT2D eigenvalue weighted by atomic mass is 16.5. The van der Waals surface area contributed by atoms with E-state index >= 15 is 0 Å². The summed E-state index contributed by atoms with van der Waals surface area (Å²) in [4.78, 5) is 0. The summed E-state index contributed by atoms with van der Waals surface area (Å²) in [6, 6.07) is 17.2. The third-order valence-corrected chi connectivity index (χ3v) is 4.52. The Bertz CT molecular complexity index is 630. The summed E-state index contributed by atoms with van der Waals surface area (Å²) >= 11 is 0. The van der Waals surface area contributed by atoms with Gasteiger partial charge in [-0.05, 0) is 29.7 Å². The summed E-state index contributed by atoms with van der Waals surface area (Å²) in [5.41, 5.74) is 4.36. The van der Waals surface area contributed by atoms with Crippen LogP contribution in [0, 0.1) is 6.92 Å². The highest BCUT2D eigenvalue weighted by Crippen LogP contribution is 2.22. The number of hydrogen-bond acceptors (Lipinski definition) is 3. The predicted molar refractivity (Wildman–Crippen MR) is 93.3 cm³/mol. The number of hydrogen-bond donors (Lipinski definition) is 2. The fraction of sp³-hybridized carbons (Fsp3) is 0.400. The minimum Gasteiger partial charge on any atom is -0.388 e. The van der Waals surface area contributed by atoms with Gasteiger partial charge < -0.3 is 15.2 Å². The molecule has 0 unspecified atom stereocenters. The molecule has 0 aromatic heterocycles. The van der Waals surface area contributed by atoms with E-state index in [0.717, 1.165) is 6.54 Å². The number of aliphatic hydroxyl groups is 1. The maximum absolute atomic E-state index is 10.5. The van der Waals surface area contributed by atoms with Gasteiger partial charge in [-0.3, -0.25) is 0 Å². The lowest BCUT2D eigenvalue weighted by Crippen LogP contribution is -2.44. The second kappa shape index (κ2) is 7.26. The molecule has 1 heterocycles. The molecule has 0 radical (unpaired) electrons. The van der Waals surface area contributed by atoms with E-state index < -0.39 is 5.60 Å². The van der Waals surface area contributed by atoms with Gasteiger partial charge in [-0.1, -0.05) is 48.0 Å². The Morgan fingerprint density at radius 1 is 1.04 bits per heavy atom. The molecule has 0 atom stereocenters. The van der Waals surface area contributed by atoms with Gasteiger partial charge >= 0.3 is 0 Å². The highest BCUT2D eigenvalue weighted by molar-refractivity contribution is 5.64. The van der Waals surface area contributed by atoms with Crippen molar-refractivity contribution in [2.24, 2.45) is 0 Å². The molecule has 3 heteroatoms. The molecule has 1 aliphatic rings. The van der Waals surface area contributed by atoms with Crippen LogP contribution in [-0.4, -0.2) is 30.5 Å². The third-order valence-electron chi connectivity index (χ3n) is 4.52. The Kier molecular flexibility index (Phi) is 5.11. The summed E-state index contributed by atoms with van der Waals surface area (Å²) in [6.45, 7) is 4.79. The number of rotatable bonds is 5. The molecule has 1 aliphatic heterocycles. The van der Waals surface area contributed by atoms with Crippen LogP contribution in [0.4, 0.5) is 0 Å². The van der Waals surface area contributed by atoms with Crippen molar-refractivity contribution < 1.29 is 9.84 Å². The van der Waals surface area contributed by atoms with Crippen molar-refractivity contribution in [2.45, 2.75) is 31.9 Å². The van der Waals surface area contributed by atoms with E-state index in [1.54, 1.807) is 0 Å². The van der Waals surface area contributed by atoms with Gasteiger partial charge in [0.2, 0.25) is 0 Å². The van der Waals surface area contributed by atoms with Crippen LogP contribution in [0.25, 0.3) is 11.1 Å². The zero-order valence-electron chi connectivity index (χ0n) is 13.7. The first-order chi connectivity index (χ1) is 11.1. The normalized spacial score (nSPS) is 17.1. The molecule has 3 rings (SSSR count). The minimum absolute atomic E-state index is 0.616. The molecule has 2 N–H and O–H groups in total. The third kappa shape index (κ3) is 4.41. The molecule has 0 bridgehead atoms. The molecule has 23 heavy (non-hydrogen) atoms. The van der Waals surface area contributed by atoms with Crippen molar-refractivity contribution in [2.75, 3.05) is 19.8 Å². The first kappa shape index (κ1) is 16.2. The summed E-state index contributed by atoms with van der Waals surface area (Å²) in [5, 5.41) is 13.9. The van der Waals surface area contributed by atoms with Crippen molar-refractivity contribution in [3.8, 4) is 11.1 Å². The van der Waals surface area contributed by atoms with Crippen LogP contribution in [-0.2, 0) is 11.3 Å². The maximum Gasteiger partial charge on any atom is 0.0815 e. The van der Waals surface area contributed by atoms with Crippen LogP contribution < -0.4 is 5.32 Å². The van der Waals surface area contributed by atoms with Crippen molar-refractivity contribution in [1.82, 2.24) is 5.32 Å². The molecule has 0 saturated carbocycles. The van der Waals surface area contributed by atoms with Gasteiger partial charge in [-0.2, -0.15) is 0 Å². The summed E-state index contributed by atoms with van der Waals surface area (Å²) in [6.07, 6.45) is 1.42. The standard InChI is InChI=1S/C20H25NO2/c1-16-5-7-18(8-6-16)19-4-2-3-17(13-19)14-21-15-20(22)9-11-23-12-10-20/h2-8,13,21-22H,9-12,14-15H2,1H3. The van der Waals surface area contributed by atoms with Crippen LogP contribution in [0.15, 0.2) is 48.5 Å². The van der Waals surface area contributed by atoms with Crippen molar-refractivity contribution in [3.05, 3.63) is 59.7 Å². The zero-order valence-corrected chi connectivity index (χ0v) is 13.7.